The number of rotatable bonds is 20. The van der Waals surface area contributed by atoms with Crippen LogP contribution in [0.2, 0.25) is 0 Å². The number of fused-ring (bicyclic) bond motifs is 3. The van der Waals surface area contributed by atoms with Crippen LogP contribution in [-0.4, -0.2) is 126 Å². The number of nitrogens with one attached hydrogen (secondary N) is 4. The van der Waals surface area contributed by atoms with E-state index in [0.717, 1.165) is 30.2 Å². The highest BCUT2D eigenvalue weighted by Gasteiger charge is 2.63. The molecule has 1 saturated carbocycles. The molecule has 0 bridgehead atoms. The zero-order chi connectivity index (χ0) is 59.5. The molecule has 0 radical (unpaired) electrons. The zero-order valence-electron chi connectivity index (χ0n) is 45.9. The fraction of sp³-hybridized carbons (Fsp3) is 0.458. The molecule has 8 N–H and O–H groups in total. The van der Waals surface area contributed by atoms with Gasteiger partial charge < -0.3 is 46.2 Å². The highest BCUT2D eigenvalue weighted by molar-refractivity contribution is 7.52. The number of primary amides is 1. The molecule has 9 rings (SSSR count). The monoisotopic (exact) mass is 1160 g/mol. The van der Waals surface area contributed by atoms with Crippen molar-refractivity contribution in [1.29, 1.82) is 0 Å². The molecule has 0 spiro atoms. The molecule has 3 saturated heterocycles. The fourth-order valence-electron chi connectivity index (χ4n) is 11.9. The van der Waals surface area contributed by atoms with Crippen molar-refractivity contribution in [3.05, 3.63) is 112 Å². The second-order valence-electron chi connectivity index (χ2n) is 22.2. The summed E-state index contributed by atoms with van der Waals surface area (Å²) in [5, 5.41) is 10.7. The minimum Gasteiger partial charge on any atom is -0.370 e. The third-order valence-electron chi connectivity index (χ3n) is 16.8. The van der Waals surface area contributed by atoms with Crippen LogP contribution >= 0.6 is 7.60 Å². The third-order valence-corrected chi connectivity index (χ3v) is 17.8. The molecular formula is C59H66F2N9O12P. The Bertz CT molecular complexity index is 3360. The first-order chi connectivity index (χ1) is 39.6. The Morgan fingerprint density at radius 1 is 0.916 bits per heavy atom. The van der Waals surface area contributed by atoms with Gasteiger partial charge in [0.1, 0.15) is 30.2 Å². The van der Waals surface area contributed by atoms with Crippen molar-refractivity contribution >= 4 is 71.7 Å². The Kier molecular flexibility index (Phi) is 17.9. The minimum absolute atomic E-state index is 0.0184. The van der Waals surface area contributed by atoms with Crippen molar-refractivity contribution in [2.45, 2.75) is 127 Å². The van der Waals surface area contributed by atoms with Crippen LogP contribution in [-0.2, 0) is 50.3 Å². The summed E-state index contributed by atoms with van der Waals surface area (Å²) in [6.45, 7) is 4.97. The number of halogens is 2. The number of carbonyl (C=O) groups excluding carboxylic acids is 9. The summed E-state index contributed by atoms with van der Waals surface area (Å²) in [6, 6.07) is 12.4. The summed E-state index contributed by atoms with van der Waals surface area (Å²) < 4.78 is 40.9. The van der Waals surface area contributed by atoms with Gasteiger partial charge in [-0.25, -0.2) is 0 Å². The van der Waals surface area contributed by atoms with Gasteiger partial charge in [0, 0.05) is 73.7 Å². The first-order valence-corrected chi connectivity index (χ1v) is 29.6. The molecule has 83 heavy (non-hydrogen) atoms. The number of piperidine rings is 3. The van der Waals surface area contributed by atoms with Crippen molar-refractivity contribution in [1.82, 2.24) is 41.0 Å². The summed E-state index contributed by atoms with van der Waals surface area (Å²) in [5.74, 6) is 1.25. The number of unbranched alkanes of at least 4 members (excludes halogenated alkanes) is 1. The van der Waals surface area contributed by atoms with E-state index in [0.29, 0.717) is 61.9 Å². The first kappa shape index (κ1) is 59.7. The van der Waals surface area contributed by atoms with Crippen LogP contribution in [0, 0.1) is 35.5 Å². The van der Waals surface area contributed by atoms with E-state index in [4.69, 9.17) is 5.73 Å². The van der Waals surface area contributed by atoms with Crippen LogP contribution in [0.15, 0.2) is 79.0 Å². The van der Waals surface area contributed by atoms with E-state index >= 15 is 0 Å². The number of pyridine rings is 1. The van der Waals surface area contributed by atoms with E-state index < -0.39 is 84.5 Å². The fourth-order valence-corrected chi connectivity index (χ4v) is 12.4. The predicted molar refractivity (Wildman–Crippen MR) is 296 cm³/mol. The molecule has 4 aromatic rings. The van der Waals surface area contributed by atoms with E-state index in [-0.39, 0.29) is 103 Å². The maximum atomic E-state index is 14.6. The quantitative estimate of drug-likeness (QED) is 0.0370. The van der Waals surface area contributed by atoms with Gasteiger partial charge in [-0.3, -0.25) is 58.0 Å². The number of hydrogen-bond donors (Lipinski definition) is 7. The summed E-state index contributed by atoms with van der Waals surface area (Å²) in [4.78, 5) is 149. The molecule has 5 heterocycles. The molecule has 438 valence electrons. The Hall–Kier alpha value is -7.93. The lowest BCUT2D eigenvalue weighted by Crippen LogP contribution is -2.58. The lowest BCUT2D eigenvalue weighted by molar-refractivity contribution is -0.143. The second kappa shape index (κ2) is 24.9. The maximum absolute atomic E-state index is 14.6. The number of carbonyl (C=O) groups is 9. The van der Waals surface area contributed by atoms with Gasteiger partial charge in [0.25, 0.3) is 11.8 Å². The van der Waals surface area contributed by atoms with Crippen molar-refractivity contribution in [3.8, 4) is 11.8 Å². The lowest BCUT2D eigenvalue weighted by Gasteiger charge is -2.35. The highest BCUT2D eigenvalue weighted by atomic mass is 31.2. The number of imide groups is 1. The van der Waals surface area contributed by atoms with Crippen LogP contribution in [0.1, 0.15) is 133 Å². The topological polar surface area (TPSA) is 308 Å². The second-order valence-corrected chi connectivity index (χ2v) is 23.8. The minimum atomic E-state index is -5.91. The van der Waals surface area contributed by atoms with Crippen LogP contribution in [0.5, 0.6) is 0 Å². The normalized spacial score (nSPS) is 21.6. The predicted octanol–water partition coefficient (Wildman–Crippen LogP) is 4.28. The number of nitrogens with two attached hydrogens (primary N) is 1. The number of hydrogen-bond acceptors (Lipinski definition) is 11. The number of likely N-dealkylation sites (tertiary alicyclic amines) is 2. The van der Waals surface area contributed by atoms with Crippen molar-refractivity contribution in [2.24, 2.45) is 29.4 Å². The molecule has 3 aromatic carbocycles. The highest BCUT2D eigenvalue weighted by Crippen LogP contribution is 2.59. The molecule has 4 fully saturated rings. The summed E-state index contributed by atoms with van der Waals surface area (Å²) >= 11 is 0. The summed E-state index contributed by atoms with van der Waals surface area (Å²) in [6.07, 6.45) is 4.90. The van der Waals surface area contributed by atoms with Crippen LogP contribution < -0.4 is 27.0 Å². The van der Waals surface area contributed by atoms with Gasteiger partial charge in [-0.2, -0.15) is 8.78 Å². The Labute approximate surface area is 477 Å². The van der Waals surface area contributed by atoms with Gasteiger partial charge in [0.05, 0.1) is 11.1 Å². The molecule has 8 atom stereocenters. The number of nitrogens with zero attached hydrogens (tertiary/aromatic N) is 4. The Morgan fingerprint density at radius 2 is 1.66 bits per heavy atom. The van der Waals surface area contributed by atoms with Crippen molar-refractivity contribution < 1.29 is 66.3 Å². The number of aromatic nitrogens is 1. The molecule has 24 heteroatoms. The molecule has 1 aliphatic carbocycles. The van der Waals surface area contributed by atoms with Gasteiger partial charge in [0.2, 0.25) is 41.4 Å². The van der Waals surface area contributed by atoms with Gasteiger partial charge in [-0.1, -0.05) is 81.0 Å². The van der Waals surface area contributed by atoms with Crippen LogP contribution in [0.3, 0.4) is 0 Å². The molecular weight excluding hydrogens is 1100 g/mol. The molecule has 21 nitrogen and oxygen atoms in total. The van der Waals surface area contributed by atoms with Crippen LogP contribution in [0.25, 0.3) is 10.9 Å². The van der Waals surface area contributed by atoms with Gasteiger partial charge in [0.15, 0.2) is 0 Å². The largest absolute Gasteiger partial charge is 0.399 e. The number of benzene rings is 3. The van der Waals surface area contributed by atoms with Crippen molar-refractivity contribution in [3.63, 3.8) is 0 Å². The smallest absolute Gasteiger partial charge is 0.370 e. The van der Waals surface area contributed by atoms with E-state index in [1.165, 1.54) is 22.1 Å². The molecule has 5 aliphatic rings. The van der Waals surface area contributed by atoms with Gasteiger partial charge in [-0.05, 0) is 104 Å². The van der Waals surface area contributed by atoms with E-state index in [2.05, 4.69) is 38.1 Å². The average molecular weight is 1160 g/mol. The number of amides is 9. The Morgan fingerprint density at radius 3 is 2.36 bits per heavy atom. The molecule has 1 aromatic heterocycles. The van der Waals surface area contributed by atoms with E-state index in [1.807, 2.05) is 19.9 Å². The van der Waals surface area contributed by atoms with E-state index in [9.17, 15) is 66.3 Å². The first-order valence-electron chi connectivity index (χ1n) is 28.0. The Balaban J connectivity index is 0.841. The lowest BCUT2D eigenvalue weighted by atomic mass is 9.91. The molecule has 9 amide bonds. The maximum Gasteiger partial charge on any atom is 0.399 e. The number of alkyl halides is 2. The standard InChI is InChI=1S/C59H66F2N9O12P/c1-3-4-17-45(65-52(73)38-28-37-29-39(18-19-43(37)63-30-38)59(60,61)83(80,81)82)57(78)70-31-41-33(2)49(41)51(70)55(76)64-44(20-22-47(62)71)53(74)67-50(36-13-6-5-7-14-36)58(79)68-26-24-34(25-27-68)11-8-9-12-35-15-10-16-40-42(35)32-69(56(40)77)46-21-23-48(72)66-54(46)75/h5-7,10,13-16,18-19,28-30,33-34,41,44-46,49-51H,3-4,8,11,17,20-27,31-32H2,1-2H3,(H2,62,71)(H,64,76)(H,65,73)(H,67,74)(H,66,72,75)(H2,80,81,82)/t33?,41?,44-,45-,46?,49?,50-,51-/m0/s1. The summed E-state index contributed by atoms with van der Waals surface area (Å²) in [5.41, 5.74) is 2.47. The van der Waals surface area contributed by atoms with Gasteiger partial charge >= 0.3 is 13.3 Å². The third kappa shape index (κ3) is 13.0. The SMILES string of the molecule is CCCC[C@H](NC(=O)c1cnc2ccc(C(F)(F)P(=O)(O)O)cc2c1)C(=O)N1CC2C(C)C2[C@H]1C(=O)N[C@@H](CCC(N)=O)C(=O)N[C@H](C(=O)N1CCC(CCC#Cc2cccc3c2CN(C2CCC(=O)NC2=O)C3=O)CC1)c1ccccc1. The van der Waals surface area contributed by atoms with Gasteiger partial charge in [-0.15, -0.1) is 0 Å². The average Bonchev–Trinajstić information content (AvgIpc) is 1.86. The van der Waals surface area contributed by atoms with E-state index in [1.54, 1.807) is 47.4 Å². The zero-order valence-corrected chi connectivity index (χ0v) is 46.7. The molecule has 4 aliphatic heterocycles. The van der Waals surface area contributed by atoms with Crippen LogP contribution in [0.4, 0.5) is 8.78 Å². The van der Waals surface area contributed by atoms with Crippen molar-refractivity contribution in [2.75, 3.05) is 19.6 Å². The summed E-state index contributed by atoms with van der Waals surface area (Å²) in [7, 11) is -5.91. The molecule has 4 unspecified atom stereocenters.